The third-order valence-corrected chi connectivity index (χ3v) is 3.41. The lowest BCUT2D eigenvalue weighted by Crippen LogP contribution is -2.09. The number of esters is 1. The Morgan fingerprint density at radius 3 is 2.70 bits per heavy atom. The van der Waals surface area contributed by atoms with Crippen LogP contribution in [0, 0.1) is 13.8 Å². The summed E-state index contributed by atoms with van der Waals surface area (Å²) in [7, 11) is 0. The first kappa shape index (κ1) is 14.9. The summed E-state index contributed by atoms with van der Waals surface area (Å²) >= 11 is 11.7. The van der Waals surface area contributed by atoms with Crippen LogP contribution in [0.4, 0.5) is 0 Å². The molecule has 0 spiro atoms. The zero-order valence-electron chi connectivity index (χ0n) is 11.1. The molecule has 2 aromatic rings. The second-order valence-electron chi connectivity index (χ2n) is 4.35. The Morgan fingerprint density at radius 1 is 1.35 bits per heavy atom. The van der Waals surface area contributed by atoms with Gasteiger partial charge in [-0.25, -0.2) is 0 Å². The fourth-order valence-electron chi connectivity index (χ4n) is 1.82. The number of halogens is 2. The smallest absolute Gasteiger partial charge is 0.311 e. The van der Waals surface area contributed by atoms with Crippen LogP contribution in [0.3, 0.4) is 0 Å². The van der Waals surface area contributed by atoms with E-state index in [1.807, 2.05) is 13.8 Å². The molecule has 0 atom stereocenters. The first-order chi connectivity index (χ1) is 9.47. The molecule has 0 amide bonds. The van der Waals surface area contributed by atoms with Gasteiger partial charge in [-0.3, -0.25) is 4.79 Å². The van der Waals surface area contributed by atoms with Crippen LogP contribution >= 0.6 is 23.2 Å². The molecule has 0 N–H and O–H groups in total. The fourth-order valence-corrected chi connectivity index (χ4v) is 2.26. The number of aryl methyl sites for hydroxylation is 2. The molecule has 1 aromatic carbocycles. The molecule has 0 saturated heterocycles. The van der Waals surface area contributed by atoms with Gasteiger partial charge in [-0.2, -0.15) is 0 Å². The van der Waals surface area contributed by atoms with Gasteiger partial charge in [0.15, 0.2) is 0 Å². The van der Waals surface area contributed by atoms with Crippen molar-refractivity contribution in [2.24, 2.45) is 0 Å². The summed E-state index contributed by atoms with van der Waals surface area (Å²) in [6.07, 6.45) is 0.743. The van der Waals surface area contributed by atoms with Gasteiger partial charge in [-0.1, -0.05) is 28.4 Å². The minimum absolute atomic E-state index is 0.224. The average Bonchev–Trinajstić information content (AvgIpc) is 2.70. The number of carbonyl (C=O) groups excluding carboxylic acids is 1. The van der Waals surface area contributed by atoms with Crippen molar-refractivity contribution in [2.75, 3.05) is 0 Å². The Bertz CT molecular complexity index is 618. The van der Waals surface area contributed by atoms with E-state index in [1.165, 1.54) is 6.07 Å². The Balaban J connectivity index is 1.96. The lowest BCUT2D eigenvalue weighted by atomic mass is 10.1. The van der Waals surface area contributed by atoms with Crippen LogP contribution in [0.1, 0.15) is 23.4 Å². The van der Waals surface area contributed by atoms with E-state index >= 15 is 0 Å². The molecular weight excluding hydrogens is 301 g/mol. The van der Waals surface area contributed by atoms with Gasteiger partial charge in [0, 0.05) is 10.6 Å². The Labute approximate surface area is 126 Å². The van der Waals surface area contributed by atoms with E-state index in [1.54, 1.807) is 12.1 Å². The van der Waals surface area contributed by atoms with Crippen LogP contribution in [0.25, 0.3) is 0 Å². The van der Waals surface area contributed by atoms with Crippen molar-refractivity contribution in [3.63, 3.8) is 0 Å². The minimum atomic E-state index is -0.366. The van der Waals surface area contributed by atoms with E-state index in [-0.39, 0.29) is 12.4 Å². The largest absolute Gasteiger partial charge is 0.425 e. The Morgan fingerprint density at radius 2 is 2.10 bits per heavy atom. The van der Waals surface area contributed by atoms with Gasteiger partial charge in [-0.15, -0.1) is 0 Å². The summed E-state index contributed by atoms with van der Waals surface area (Å²) in [5, 5.41) is 4.64. The molecule has 0 aliphatic heterocycles. The number of hydrogen-bond acceptors (Lipinski definition) is 4. The summed E-state index contributed by atoms with van der Waals surface area (Å²) < 4.78 is 10.2. The van der Waals surface area contributed by atoms with E-state index in [0.717, 1.165) is 17.0 Å². The number of ether oxygens (including phenoxy) is 1. The molecule has 0 aliphatic carbocycles. The Kier molecular flexibility index (Phi) is 4.68. The van der Waals surface area contributed by atoms with Crippen molar-refractivity contribution in [2.45, 2.75) is 26.7 Å². The highest BCUT2D eigenvalue weighted by Gasteiger charge is 2.13. The molecular formula is C14H13Cl2NO3. The third kappa shape index (κ3) is 3.52. The van der Waals surface area contributed by atoms with Gasteiger partial charge in [0.2, 0.25) is 0 Å². The van der Waals surface area contributed by atoms with Crippen LogP contribution in [0.2, 0.25) is 10.0 Å². The van der Waals surface area contributed by atoms with Crippen molar-refractivity contribution < 1.29 is 14.1 Å². The van der Waals surface area contributed by atoms with Crippen molar-refractivity contribution in [1.82, 2.24) is 5.16 Å². The number of aromatic nitrogens is 1. The van der Waals surface area contributed by atoms with Crippen molar-refractivity contribution >= 4 is 29.2 Å². The SMILES string of the molecule is Cc1noc(C)c1CCC(=O)Oc1ccc(Cl)cc1Cl. The van der Waals surface area contributed by atoms with Gasteiger partial charge in [0.25, 0.3) is 0 Å². The summed E-state index contributed by atoms with van der Waals surface area (Å²) in [5.41, 5.74) is 1.73. The lowest BCUT2D eigenvalue weighted by molar-refractivity contribution is -0.134. The highest BCUT2D eigenvalue weighted by Crippen LogP contribution is 2.28. The molecule has 4 nitrogen and oxygen atoms in total. The molecule has 0 bridgehead atoms. The highest BCUT2D eigenvalue weighted by atomic mass is 35.5. The van der Waals surface area contributed by atoms with E-state index in [0.29, 0.717) is 22.2 Å². The van der Waals surface area contributed by atoms with Crippen LogP contribution in [0.5, 0.6) is 5.75 Å². The molecule has 2 rings (SSSR count). The van der Waals surface area contributed by atoms with E-state index in [2.05, 4.69) is 5.16 Å². The fraction of sp³-hybridized carbons (Fsp3) is 0.286. The topological polar surface area (TPSA) is 52.3 Å². The van der Waals surface area contributed by atoms with E-state index in [4.69, 9.17) is 32.5 Å². The molecule has 106 valence electrons. The average molecular weight is 314 g/mol. The van der Waals surface area contributed by atoms with Crippen molar-refractivity contribution in [3.8, 4) is 5.75 Å². The quantitative estimate of drug-likeness (QED) is 0.629. The number of hydrogen-bond donors (Lipinski definition) is 0. The molecule has 0 unspecified atom stereocenters. The summed E-state index contributed by atoms with van der Waals surface area (Å²) in [6.45, 7) is 3.66. The van der Waals surface area contributed by atoms with Gasteiger partial charge < -0.3 is 9.26 Å². The maximum absolute atomic E-state index is 11.8. The van der Waals surface area contributed by atoms with Gasteiger partial charge >= 0.3 is 5.97 Å². The van der Waals surface area contributed by atoms with Gasteiger partial charge in [-0.05, 0) is 38.5 Å². The molecule has 20 heavy (non-hydrogen) atoms. The standard InChI is InChI=1S/C14H13Cl2NO3/c1-8-11(9(2)20-17-8)4-6-14(18)19-13-5-3-10(15)7-12(13)16/h3,5,7H,4,6H2,1-2H3. The maximum Gasteiger partial charge on any atom is 0.311 e. The molecule has 0 saturated carbocycles. The number of benzene rings is 1. The molecule has 0 aliphatic rings. The van der Waals surface area contributed by atoms with Crippen molar-refractivity contribution in [3.05, 3.63) is 45.3 Å². The van der Waals surface area contributed by atoms with Gasteiger partial charge in [0.1, 0.15) is 11.5 Å². The van der Waals surface area contributed by atoms with Gasteiger partial charge in [0.05, 0.1) is 17.1 Å². The second-order valence-corrected chi connectivity index (χ2v) is 5.20. The van der Waals surface area contributed by atoms with Crippen molar-refractivity contribution in [1.29, 1.82) is 0 Å². The molecule has 0 radical (unpaired) electrons. The maximum atomic E-state index is 11.8. The molecule has 0 fully saturated rings. The van der Waals surface area contributed by atoms with E-state index in [9.17, 15) is 4.79 Å². The molecule has 1 aromatic heterocycles. The monoisotopic (exact) mass is 313 g/mol. The third-order valence-electron chi connectivity index (χ3n) is 2.88. The number of rotatable bonds is 4. The van der Waals surface area contributed by atoms with Crippen LogP contribution < -0.4 is 4.74 Å². The summed E-state index contributed by atoms with van der Waals surface area (Å²) in [5.74, 6) is 0.661. The predicted molar refractivity (Wildman–Crippen MR) is 76.4 cm³/mol. The Hall–Kier alpha value is -1.52. The zero-order chi connectivity index (χ0) is 14.7. The molecule has 6 heteroatoms. The summed E-state index contributed by atoms with van der Waals surface area (Å²) in [6, 6.07) is 4.71. The number of carbonyl (C=O) groups is 1. The zero-order valence-corrected chi connectivity index (χ0v) is 12.6. The van der Waals surface area contributed by atoms with Crippen LogP contribution in [-0.2, 0) is 11.2 Å². The first-order valence-corrected chi connectivity index (χ1v) is 6.80. The normalized spacial score (nSPS) is 10.6. The minimum Gasteiger partial charge on any atom is -0.425 e. The summed E-state index contributed by atoms with van der Waals surface area (Å²) in [4.78, 5) is 11.8. The highest BCUT2D eigenvalue weighted by molar-refractivity contribution is 6.35. The first-order valence-electron chi connectivity index (χ1n) is 6.05. The van der Waals surface area contributed by atoms with Crippen LogP contribution in [-0.4, -0.2) is 11.1 Å². The lowest BCUT2D eigenvalue weighted by Gasteiger charge is -2.06. The number of nitrogens with zero attached hydrogens (tertiary/aromatic N) is 1. The van der Waals surface area contributed by atoms with E-state index < -0.39 is 0 Å². The van der Waals surface area contributed by atoms with Crippen LogP contribution in [0.15, 0.2) is 22.7 Å². The molecule has 1 heterocycles. The predicted octanol–water partition coefficient (Wildman–Crippen LogP) is 4.14. The second kappa shape index (κ2) is 6.29.